The van der Waals surface area contributed by atoms with E-state index >= 15 is 0 Å². The van der Waals surface area contributed by atoms with Gasteiger partial charge in [-0.15, -0.1) is 0 Å². The van der Waals surface area contributed by atoms with Crippen molar-refractivity contribution in [2.24, 2.45) is 0 Å². The molecule has 0 saturated carbocycles. The monoisotopic (exact) mass is 286 g/mol. The normalized spacial score (nSPS) is 10.8. The predicted molar refractivity (Wildman–Crippen MR) is 80.9 cm³/mol. The van der Waals surface area contributed by atoms with Gasteiger partial charge in [0.1, 0.15) is 11.5 Å². The van der Waals surface area contributed by atoms with Crippen molar-refractivity contribution in [3.8, 4) is 11.5 Å². The van der Waals surface area contributed by atoms with Gasteiger partial charge in [-0.05, 0) is 41.5 Å². The van der Waals surface area contributed by atoms with Gasteiger partial charge in [-0.1, -0.05) is 12.1 Å². The zero-order chi connectivity index (χ0) is 14.1. The lowest BCUT2D eigenvalue weighted by molar-refractivity contribution is 0.406. The van der Waals surface area contributed by atoms with Gasteiger partial charge >= 0.3 is 0 Å². The van der Waals surface area contributed by atoms with Crippen molar-refractivity contribution in [3.63, 3.8) is 0 Å². The molecule has 0 spiro atoms. The number of methoxy groups -OCH3 is 1. The Balaban J connectivity index is 1.94. The van der Waals surface area contributed by atoms with Crippen LogP contribution in [0.5, 0.6) is 11.5 Å². The molecule has 4 nitrogen and oxygen atoms in total. The summed E-state index contributed by atoms with van der Waals surface area (Å²) in [6, 6.07) is 11.4. The summed E-state index contributed by atoms with van der Waals surface area (Å²) < 4.78 is 5.70. The van der Waals surface area contributed by atoms with Crippen molar-refractivity contribution < 1.29 is 9.84 Å². The number of nitrogens with one attached hydrogen (secondary N) is 2. The van der Waals surface area contributed by atoms with Gasteiger partial charge in [-0.2, -0.15) is 0 Å². The Hall–Kier alpha value is -2.27. The van der Waals surface area contributed by atoms with Crippen LogP contribution in [0.2, 0.25) is 0 Å². The third kappa shape index (κ3) is 2.40. The van der Waals surface area contributed by atoms with Gasteiger partial charge in [-0.3, -0.25) is 0 Å². The number of H-pyrrole nitrogens is 2. The minimum absolute atomic E-state index is 0.242. The fourth-order valence-electron chi connectivity index (χ4n) is 2.23. The zero-order valence-corrected chi connectivity index (χ0v) is 11.8. The first-order valence-electron chi connectivity index (χ1n) is 6.22. The molecule has 5 heteroatoms. The van der Waals surface area contributed by atoms with Crippen LogP contribution in [0.1, 0.15) is 11.1 Å². The Morgan fingerprint density at radius 2 is 1.90 bits per heavy atom. The maximum Gasteiger partial charge on any atom is 0.175 e. The number of aromatic nitrogens is 2. The van der Waals surface area contributed by atoms with Crippen LogP contribution in [-0.4, -0.2) is 22.2 Å². The van der Waals surface area contributed by atoms with Crippen LogP contribution < -0.4 is 4.74 Å². The van der Waals surface area contributed by atoms with Crippen molar-refractivity contribution in [3.05, 3.63) is 52.3 Å². The zero-order valence-electron chi connectivity index (χ0n) is 10.9. The van der Waals surface area contributed by atoms with Crippen LogP contribution in [0.15, 0.2) is 36.4 Å². The molecule has 20 heavy (non-hydrogen) atoms. The summed E-state index contributed by atoms with van der Waals surface area (Å²) in [7, 11) is 1.58. The van der Waals surface area contributed by atoms with Gasteiger partial charge < -0.3 is 19.8 Å². The molecule has 0 atom stereocenters. The molecule has 1 aromatic heterocycles. The number of hydrogen-bond acceptors (Lipinski definition) is 3. The van der Waals surface area contributed by atoms with Crippen molar-refractivity contribution in [1.82, 2.24) is 9.97 Å². The van der Waals surface area contributed by atoms with Crippen LogP contribution >= 0.6 is 12.2 Å². The fraction of sp³-hybridized carbons (Fsp3) is 0.133. The van der Waals surface area contributed by atoms with E-state index in [1.54, 1.807) is 13.2 Å². The maximum atomic E-state index is 9.99. The molecule has 3 aromatic rings. The average Bonchev–Trinajstić information content (AvgIpc) is 2.80. The Labute approximate surface area is 121 Å². The number of phenolic OH excluding ortho intramolecular Hbond substituents is 1. The number of benzene rings is 2. The number of aromatic hydroxyl groups is 1. The van der Waals surface area contributed by atoms with Crippen molar-refractivity contribution in [2.45, 2.75) is 6.42 Å². The highest BCUT2D eigenvalue weighted by atomic mass is 32.1. The summed E-state index contributed by atoms with van der Waals surface area (Å²) in [5.41, 5.74) is 3.92. The number of ether oxygens (including phenoxy) is 1. The molecule has 0 aliphatic carbocycles. The van der Waals surface area contributed by atoms with Crippen molar-refractivity contribution >= 4 is 23.3 Å². The predicted octanol–water partition coefficient (Wildman–Crippen LogP) is 3.53. The summed E-state index contributed by atoms with van der Waals surface area (Å²) in [6.45, 7) is 0. The third-order valence-corrected chi connectivity index (χ3v) is 3.47. The molecule has 3 rings (SSSR count). The second-order valence-corrected chi connectivity index (χ2v) is 5.04. The lowest BCUT2D eigenvalue weighted by Gasteiger charge is -2.07. The molecule has 2 aromatic carbocycles. The minimum Gasteiger partial charge on any atom is -0.508 e. The Morgan fingerprint density at radius 3 is 2.65 bits per heavy atom. The molecule has 0 radical (unpaired) electrons. The third-order valence-electron chi connectivity index (χ3n) is 3.27. The van der Waals surface area contributed by atoms with Gasteiger partial charge in [0.25, 0.3) is 0 Å². The molecule has 0 fully saturated rings. The van der Waals surface area contributed by atoms with Crippen molar-refractivity contribution in [1.29, 1.82) is 0 Å². The molecule has 102 valence electrons. The average molecular weight is 286 g/mol. The standard InChI is InChI=1S/C15H14N2O2S/c1-19-11-4-3-10(14(18)8-11)6-9-2-5-12-13(7-9)17-15(20)16-12/h2-5,7-8,18H,6H2,1H3,(H2,16,17,20). The van der Waals surface area contributed by atoms with Crippen LogP contribution in [0.3, 0.4) is 0 Å². The van der Waals surface area contributed by atoms with E-state index in [0.29, 0.717) is 16.9 Å². The Bertz CT molecular complexity index is 820. The number of hydrogen-bond donors (Lipinski definition) is 3. The van der Waals surface area contributed by atoms with E-state index < -0.39 is 0 Å². The van der Waals surface area contributed by atoms with Gasteiger partial charge in [0.05, 0.1) is 18.1 Å². The van der Waals surface area contributed by atoms with E-state index in [2.05, 4.69) is 9.97 Å². The summed E-state index contributed by atoms with van der Waals surface area (Å²) in [6.07, 6.45) is 0.650. The molecule has 0 saturated heterocycles. The van der Waals surface area contributed by atoms with Gasteiger partial charge in [-0.25, -0.2) is 0 Å². The first kappa shape index (κ1) is 12.7. The molecular formula is C15H14N2O2S. The molecule has 3 N–H and O–H groups in total. The molecule has 0 unspecified atom stereocenters. The number of phenols is 1. The highest BCUT2D eigenvalue weighted by Gasteiger charge is 2.05. The number of aromatic amines is 2. The van der Waals surface area contributed by atoms with Crippen LogP contribution in [0.25, 0.3) is 11.0 Å². The Morgan fingerprint density at radius 1 is 1.10 bits per heavy atom. The maximum absolute atomic E-state index is 9.99. The summed E-state index contributed by atoms with van der Waals surface area (Å²) >= 11 is 5.07. The Kier molecular flexibility index (Phi) is 3.20. The molecule has 0 amide bonds. The molecule has 1 heterocycles. The number of imidazole rings is 1. The van der Waals surface area contributed by atoms with E-state index in [-0.39, 0.29) is 5.75 Å². The SMILES string of the molecule is COc1ccc(Cc2ccc3[nH]c(=S)[nH]c3c2)c(O)c1. The quantitative estimate of drug-likeness (QED) is 0.645. The number of rotatable bonds is 3. The van der Waals surface area contributed by atoms with Crippen LogP contribution in [0.4, 0.5) is 0 Å². The van der Waals surface area contributed by atoms with E-state index in [4.69, 9.17) is 17.0 Å². The lowest BCUT2D eigenvalue weighted by Crippen LogP contribution is -1.90. The van der Waals surface area contributed by atoms with Gasteiger partial charge in [0.15, 0.2) is 4.77 Å². The summed E-state index contributed by atoms with van der Waals surface area (Å²) in [4.78, 5) is 6.16. The highest BCUT2D eigenvalue weighted by Crippen LogP contribution is 2.26. The largest absolute Gasteiger partial charge is 0.508 e. The smallest absolute Gasteiger partial charge is 0.175 e. The highest BCUT2D eigenvalue weighted by molar-refractivity contribution is 7.71. The molecule has 0 bridgehead atoms. The topological polar surface area (TPSA) is 61.0 Å². The van der Waals surface area contributed by atoms with Gasteiger partial charge in [0, 0.05) is 12.5 Å². The summed E-state index contributed by atoms with van der Waals surface area (Å²) in [5, 5.41) is 9.99. The van der Waals surface area contributed by atoms with Crippen molar-refractivity contribution in [2.75, 3.05) is 7.11 Å². The van der Waals surface area contributed by atoms with Gasteiger partial charge in [0.2, 0.25) is 0 Å². The summed E-state index contributed by atoms with van der Waals surface area (Å²) in [5.74, 6) is 0.892. The van der Waals surface area contributed by atoms with E-state index in [1.165, 1.54) is 0 Å². The first-order chi connectivity index (χ1) is 9.65. The molecule has 0 aliphatic rings. The number of fused-ring (bicyclic) bond motifs is 1. The minimum atomic E-state index is 0.242. The molecular weight excluding hydrogens is 272 g/mol. The van der Waals surface area contributed by atoms with E-state index in [1.807, 2.05) is 30.3 Å². The fourth-order valence-corrected chi connectivity index (χ4v) is 2.45. The van der Waals surface area contributed by atoms with Crippen LogP contribution in [0, 0.1) is 4.77 Å². The second kappa shape index (κ2) is 5.02. The first-order valence-corrected chi connectivity index (χ1v) is 6.63. The van der Waals surface area contributed by atoms with E-state index in [9.17, 15) is 5.11 Å². The second-order valence-electron chi connectivity index (χ2n) is 4.63. The van der Waals surface area contributed by atoms with Crippen LogP contribution in [-0.2, 0) is 6.42 Å². The van der Waals surface area contributed by atoms with E-state index in [0.717, 1.165) is 22.2 Å². The molecule has 0 aliphatic heterocycles. The lowest BCUT2D eigenvalue weighted by atomic mass is 10.0.